The van der Waals surface area contributed by atoms with Crippen molar-refractivity contribution in [1.29, 1.82) is 0 Å². The number of hydrogen-bond acceptors (Lipinski definition) is 4. The summed E-state index contributed by atoms with van der Waals surface area (Å²) in [6.07, 6.45) is -3.24. The molecular formula is C13H16F3N3O2. The second-order valence-corrected chi connectivity index (χ2v) is 4.76. The Morgan fingerprint density at radius 1 is 1.29 bits per heavy atom. The van der Waals surface area contributed by atoms with Crippen molar-refractivity contribution in [1.82, 2.24) is 5.32 Å². The van der Waals surface area contributed by atoms with Crippen molar-refractivity contribution in [2.45, 2.75) is 25.1 Å². The van der Waals surface area contributed by atoms with Gasteiger partial charge in [0.05, 0.1) is 16.8 Å². The molecule has 0 saturated carbocycles. The number of nitrogens with one attached hydrogen (secondary N) is 2. The average molecular weight is 303 g/mol. The minimum Gasteiger partial charge on any atom is -0.381 e. The Morgan fingerprint density at radius 2 is 1.95 bits per heavy atom. The van der Waals surface area contributed by atoms with Crippen molar-refractivity contribution < 1.29 is 22.7 Å². The highest BCUT2D eigenvalue weighted by Gasteiger charge is 2.32. The van der Waals surface area contributed by atoms with E-state index in [0.29, 0.717) is 26.1 Å². The van der Waals surface area contributed by atoms with E-state index in [1.165, 1.54) is 0 Å². The predicted octanol–water partition coefficient (Wildman–Crippen LogP) is 1.90. The molecule has 1 aromatic rings. The Balaban J connectivity index is 2.21. The third-order valence-corrected chi connectivity index (χ3v) is 3.30. The predicted molar refractivity (Wildman–Crippen MR) is 70.6 cm³/mol. The van der Waals surface area contributed by atoms with Gasteiger partial charge in [-0.15, -0.1) is 0 Å². The summed E-state index contributed by atoms with van der Waals surface area (Å²) >= 11 is 0. The van der Waals surface area contributed by atoms with E-state index in [9.17, 15) is 18.0 Å². The largest absolute Gasteiger partial charge is 0.416 e. The number of amides is 1. The van der Waals surface area contributed by atoms with Crippen molar-refractivity contribution in [3.05, 3.63) is 29.3 Å². The van der Waals surface area contributed by atoms with E-state index in [1.54, 1.807) is 0 Å². The molecule has 1 aromatic carbocycles. The Bertz CT molecular complexity index is 514. The molecule has 5 nitrogen and oxygen atoms in total. The van der Waals surface area contributed by atoms with Gasteiger partial charge in [0, 0.05) is 19.3 Å². The number of hydrogen-bond donors (Lipinski definition) is 3. The van der Waals surface area contributed by atoms with Gasteiger partial charge in [-0.05, 0) is 31.0 Å². The van der Waals surface area contributed by atoms with Crippen LogP contribution < -0.4 is 16.6 Å². The van der Waals surface area contributed by atoms with Gasteiger partial charge < -0.3 is 15.5 Å². The van der Waals surface area contributed by atoms with Crippen LogP contribution in [0.5, 0.6) is 0 Å². The lowest BCUT2D eigenvalue weighted by atomic mass is 10.1. The summed E-state index contributed by atoms with van der Waals surface area (Å²) in [5.41, 5.74) is 1.37. The van der Waals surface area contributed by atoms with E-state index >= 15 is 0 Å². The van der Waals surface area contributed by atoms with Crippen molar-refractivity contribution >= 4 is 11.6 Å². The topological polar surface area (TPSA) is 76.4 Å². The van der Waals surface area contributed by atoms with E-state index in [0.717, 1.165) is 18.2 Å². The number of halogens is 3. The zero-order valence-electron chi connectivity index (χ0n) is 11.2. The van der Waals surface area contributed by atoms with Gasteiger partial charge in [-0.3, -0.25) is 10.6 Å². The first-order chi connectivity index (χ1) is 9.91. The molecular weight excluding hydrogens is 287 g/mol. The fourth-order valence-corrected chi connectivity index (χ4v) is 2.14. The lowest BCUT2D eigenvalue weighted by molar-refractivity contribution is -0.137. The van der Waals surface area contributed by atoms with Crippen molar-refractivity contribution in [2.75, 3.05) is 18.6 Å². The van der Waals surface area contributed by atoms with Gasteiger partial charge >= 0.3 is 6.18 Å². The maximum Gasteiger partial charge on any atom is 0.416 e. The molecule has 1 aliphatic rings. The van der Waals surface area contributed by atoms with Gasteiger partial charge in [-0.1, -0.05) is 0 Å². The third kappa shape index (κ3) is 3.85. The average Bonchev–Trinajstić information content (AvgIpc) is 2.46. The van der Waals surface area contributed by atoms with Crippen LogP contribution in [0.2, 0.25) is 0 Å². The highest BCUT2D eigenvalue weighted by atomic mass is 19.4. The van der Waals surface area contributed by atoms with Gasteiger partial charge in [0.15, 0.2) is 0 Å². The van der Waals surface area contributed by atoms with Crippen LogP contribution in [-0.2, 0) is 10.9 Å². The second-order valence-electron chi connectivity index (χ2n) is 4.76. The number of hydrazine groups is 1. The maximum atomic E-state index is 12.7. The number of nitrogens with two attached hydrogens (primary N) is 1. The summed E-state index contributed by atoms with van der Waals surface area (Å²) in [5.74, 6) is 4.67. The SMILES string of the molecule is NNc1ccc(C(F)(F)F)cc1C(=O)NC1CCOCC1. The summed E-state index contributed by atoms with van der Waals surface area (Å²) in [7, 11) is 0. The molecule has 4 N–H and O–H groups in total. The van der Waals surface area contributed by atoms with Gasteiger partial charge in [0.25, 0.3) is 5.91 Å². The number of benzene rings is 1. The highest BCUT2D eigenvalue weighted by molar-refractivity contribution is 6.00. The number of rotatable bonds is 3. The smallest absolute Gasteiger partial charge is 0.381 e. The van der Waals surface area contributed by atoms with Crippen LogP contribution in [0.15, 0.2) is 18.2 Å². The fraction of sp³-hybridized carbons (Fsp3) is 0.462. The lowest BCUT2D eigenvalue weighted by Crippen LogP contribution is -2.39. The minimum atomic E-state index is -4.51. The molecule has 0 unspecified atom stereocenters. The number of anilines is 1. The van der Waals surface area contributed by atoms with Crippen LogP contribution >= 0.6 is 0 Å². The third-order valence-electron chi connectivity index (χ3n) is 3.30. The van der Waals surface area contributed by atoms with Crippen molar-refractivity contribution in [2.24, 2.45) is 5.84 Å². The zero-order chi connectivity index (χ0) is 15.5. The van der Waals surface area contributed by atoms with E-state index in [2.05, 4.69) is 10.7 Å². The first-order valence-corrected chi connectivity index (χ1v) is 6.48. The molecule has 0 atom stereocenters. The van der Waals surface area contributed by atoms with E-state index < -0.39 is 17.6 Å². The van der Waals surface area contributed by atoms with Gasteiger partial charge in [-0.25, -0.2) is 0 Å². The zero-order valence-corrected chi connectivity index (χ0v) is 11.2. The molecule has 21 heavy (non-hydrogen) atoms. The van der Waals surface area contributed by atoms with Gasteiger partial charge in [0.1, 0.15) is 0 Å². The summed E-state index contributed by atoms with van der Waals surface area (Å²) in [5, 5.41) is 2.71. The molecule has 1 heterocycles. The first-order valence-electron chi connectivity index (χ1n) is 6.48. The quantitative estimate of drug-likeness (QED) is 0.589. The van der Waals surface area contributed by atoms with Crippen LogP contribution in [0.4, 0.5) is 18.9 Å². The number of alkyl halides is 3. The Kier molecular flexibility index (Phi) is 4.69. The molecule has 116 valence electrons. The molecule has 1 fully saturated rings. The standard InChI is InChI=1S/C13H16F3N3O2/c14-13(15,16)8-1-2-11(19-17)10(7-8)12(20)18-9-3-5-21-6-4-9/h1-2,7,9,19H,3-6,17H2,(H,18,20). The molecule has 1 amide bonds. The number of carbonyl (C=O) groups is 1. The lowest BCUT2D eigenvalue weighted by Gasteiger charge is -2.23. The van der Waals surface area contributed by atoms with Crippen molar-refractivity contribution in [3.8, 4) is 0 Å². The van der Waals surface area contributed by atoms with E-state index in [4.69, 9.17) is 10.6 Å². The Morgan fingerprint density at radius 3 is 2.52 bits per heavy atom. The summed E-state index contributed by atoms with van der Waals surface area (Å²) in [4.78, 5) is 12.2. The normalized spacial score (nSPS) is 16.6. The number of nitrogen functional groups attached to an aromatic ring is 1. The molecule has 0 aliphatic carbocycles. The van der Waals surface area contributed by atoms with Crippen molar-refractivity contribution in [3.63, 3.8) is 0 Å². The van der Waals surface area contributed by atoms with E-state index in [1.807, 2.05) is 0 Å². The maximum absolute atomic E-state index is 12.7. The minimum absolute atomic E-state index is 0.105. The monoisotopic (exact) mass is 303 g/mol. The fourth-order valence-electron chi connectivity index (χ4n) is 2.14. The molecule has 0 aromatic heterocycles. The molecule has 1 saturated heterocycles. The Labute approximate surface area is 119 Å². The summed E-state index contributed by atoms with van der Waals surface area (Å²) in [6.45, 7) is 1.05. The highest BCUT2D eigenvalue weighted by Crippen LogP contribution is 2.31. The Hall–Kier alpha value is -1.80. The second kappa shape index (κ2) is 6.31. The first kappa shape index (κ1) is 15.6. The van der Waals surface area contributed by atoms with Crippen LogP contribution in [0, 0.1) is 0 Å². The molecule has 0 spiro atoms. The molecule has 0 radical (unpaired) electrons. The van der Waals surface area contributed by atoms with Crippen LogP contribution in [-0.4, -0.2) is 25.2 Å². The van der Waals surface area contributed by atoms with E-state index in [-0.39, 0.29) is 17.3 Å². The summed E-state index contributed by atoms with van der Waals surface area (Å²) in [6, 6.07) is 2.71. The van der Waals surface area contributed by atoms with Gasteiger partial charge in [-0.2, -0.15) is 13.2 Å². The van der Waals surface area contributed by atoms with Crippen LogP contribution in [0.25, 0.3) is 0 Å². The number of ether oxygens (including phenoxy) is 1. The van der Waals surface area contributed by atoms with Gasteiger partial charge in [0.2, 0.25) is 0 Å². The molecule has 8 heteroatoms. The molecule has 0 bridgehead atoms. The number of carbonyl (C=O) groups excluding carboxylic acids is 1. The van der Waals surface area contributed by atoms with Crippen LogP contribution in [0.1, 0.15) is 28.8 Å². The summed E-state index contributed by atoms with van der Waals surface area (Å²) < 4.78 is 43.3. The molecule has 1 aliphatic heterocycles. The molecule has 2 rings (SSSR count). The van der Waals surface area contributed by atoms with Crippen LogP contribution in [0.3, 0.4) is 0 Å².